The first-order chi connectivity index (χ1) is 18.1. The van der Waals surface area contributed by atoms with E-state index in [1.165, 1.54) is 17.8 Å². The van der Waals surface area contributed by atoms with Gasteiger partial charge in [0.15, 0.2) is 0 Å². The highest BCUT2D eigenvalue weighted by molar-refractivity contribution is 7.92. The molecule has 5 nitrogen and oxygen atoms in total. The number of benzene rings is 3. The van der Waals surface area contributed by atoms with Crippen LogP contribution in [-0.2, 0) is 15.4 Å². The van der Waals surface area contributed by atoms with Crippen LogP contribution in [0, 0.1) is 0 Å². The maximum Gasteiger partial charge on any atom is 0.262 e. The fourth-order valence-electron chi connectivity index (χ4n) is 5.06. The van der Waals surface area contributed by atoms with Crippen LogP contribution in [0.15, 0.2) is 77.7 Å². The van der Waals surface area contributed by atoms with Gasteiger partial charge in [0.25, 0.3) is 15.9 Å². The number of carbonyl (C=O) groups excluding carboxylic acids is 1. The van der Waals surface area contributed by atoms with Crippen LogP contribution in [0.5, 0.6) is 0 Å². The molecule has 1 amide bonds. The summed E-state index contributed by atoms with van der Waals surface area (Å²) in [5.41, 5.74) is 3.25. The highest BCUT2D eigenvalue weighted by Crippen LogP contribution is 2.40. The number of amides is 1. The summed E-state index contributed by atoms with van der Waals surface area (Å²) in [6.45, 7) is 6.29. The predicted molar refractivity (Wildman–Crippen MR) is 158 cm³/mol. The molecule has 0 spiro atoms. The summed E-state index contributed by atoms with van der Waals surface area (Å²) in [7, 11) is -3.78. The molecule has 1 aliphatic carbocycles. The third-order valence-corrected chi connectivity index (χ3v) is 9.75. The van der Waals surface area contributed by atoms with E-state index < -0.39 is 10.0 Å². The average Bonchev–Trinajstić information content (AvgIpc) is 3.28. The molecule has 0 unspecified atom stereocenters. The van der Waals surface area contributed by atoms with Gasteiger partial charge in [0.2, 0.25) is 0 Å². The van der Waals surface area contributed by atoms with Crippen molar-refractivity contribution in [1.29, 1.82) is 0 Å². The molecular formula is C31H34N2O3S2. The monoisotopic (exact) mass is 546 g/mol. The van der Waals surface area contributed by atoms with Crippen molar-refractivity contribution in [3.05, 3.63) is 83.2 Å². The van der Waals surface area contributed by atoms with Crippen LogP contribution in [0.2, 0.25) is 0 Å². The lowest BCUT2D eigenvalue weighted by molar-refractivity contribution is 0.0932. The van der Waals surface area contributed by atoms with Crippen molar-refractivity contribution in [1.82, 2.24) is 5.32 Å². The van der Waals surface area contributed by atoms with Gasteiger partial charge in [0.1, 0.15) is 4.88 Å². The van der Waals surface area contributed by atoms with E-state index in [9.17, 15) is 13.2 Å². The molecule has 0 radical (unpaired) electrons. The van der Waals surface area contributed by atoms with Crippen LogP contribution in [0.1, 0.15) is 68.1 Å². The third kappa shape index (κ3) is 5.64. The van der Waals surface area contributed by atoms with Gasteiger partial charge in [0.05, 0.1) is 4.90 Å². The number of rotatable bonds is 6. The van der Waals surface area contributed by atoms with Crippen LogP contribution in [0.25, 0.3) is 21.2 Å². The van der Waals surface area contributed by atoms with Gasteiger partial charge < -0.3 is 5.32 Å². The second-order valence-electron chi connectivity index (χ2n) is 11.1. The van der Waals surface area contributed by atoms with Gasteiger partial charge in [-0.05, 0) is 59.7 Å². The van der Waals surface area contributed by atoms with Gasteiger partial charge in [-0.15, -0.1) is 11.3 Å². The molecule has 4 aromatic rings. The molecule has 1 aromatic heterocycles. The average molecular weight is 547 g/mol. The van der Waals surface area contributed by atoms with E-state index in [0.717, 1.165) is 52.5 Å². The van der Waals surface area contributed by atoms with Crippen LogP contribution >= 0.6 is 11.3 Å². The lowest BCUT2D eigenvalue weighted by Gasteiger charge is -2.22. The molecule has 0 bridgehead atoms. The molecule has 198 valence electrons. The maximum absolute atomic E-state index is 13.5. The van der Waals surface area contributed by atoms with Crippen LogP contribution in [-0.4, -0.2) is 20.4 Å². The summed E-state index contributed by atoms with van der Waals surface area (Å²) >= 11 is 1.45. The normalized spacial score (nSPS) is 14.9. The Morgan fingerprint density at radius 2 is 1.58 bits per heavy atom. The highest BCUT2D eigenvalue weighted by atomic mass is 32.2. The zero-order valence-corrected chi connectivity index (χ0v) is 23.7. The number of thiophene rings is 1. The molecule has 3 aromatic carbocycles. The van der Waals surface area contributed by atoms with E-state index in [1.54, 1.807) is 18.2 Å². The fraction of sp³-hybridized carbons (Fsp3) is 0.323. The van der Waals surface area contributed by atoms with E-state index in [-0.39, 0.29) is 22.3 Å². The topological polar surface area (TPSA) is 75.3 Å². The number of carbonyl (C=O) groups is 1. The summed E-state index contributed by atoms with van der Waals surface area (Å²) < 4.78 is 30.1. The number of sulfonamides is 1. The lowest BCUT2D eigenvalue weighted by atomic mass is 9.87. The van der Waals surface area contributed by atoms with E-state index in [4.69, 9.17) is 0 Å². The minimum absolute atomic E-state index is 0.0574. The second-order valence-corrected chi connectivity index (χ2v) is 13.8. The van der Waals surface area contributed by atoms with Crippen LogP contribution in [0.4, 0.5) is 5.69 Å². The molecule has 38 heavy (non-hydrogen) atoms. The molecule has 1 saturated carbocycles. The van der Waals surface area contributed by atoms with E-state index in [0.29, 0.717) is 10.6 Å². The zero-order chi connectivity index (χ0) is 26.9. The first-order valence-electron chi connectivity index (χ1n) is 13.2. The Morgan fingerprint density at radius 1 is 0.895 bits per heavy atom. The Morgan fingerprint density at radius 3 is 2.24 bits per heavy atom. The molecule has 2 N–H and O–H groups in total. The Hall–Kier alpha value is -3.16. The first-order valence-corrected chi connectivity index (χ1v) is 15.5. The molecule has 7 heteroatoms. The van der Waals surface area contributed by atoms with Crippen molar-refractivity contribution in [2.24, 2.45) is 0 Å². The standard InChI is InChI=1S/C31H34N2O3S2/c1-31(2,3)22-14-17-25(18-15-22)38(35,36)33-24-16-19-27-26(20-24)28(21-10-6-4-7-11-21)29(37-27)30(34)32-23-12-8-5-9-13-23/h4,6-7,10-11,14-20,23,33H,5,8-9,12-13H2,1-3H3,(H,32,34). The minimum atomic E-state index is -3.78. The summed E-state index contributed by atoms with van der Waals surface area (Å²) in [6, 6.07) is 22.6. The second kappa shape index (κ2) is 10.5. The first kappa shape index (κ1) is 26.4. The van der Waals surface area contributed by atoms with Crippen LogP contribution < -0.4 is 10.0 Å². The van der Waals surface area contributed by atoms with E-state index >= 15 is 0 Å². The number of nitrogens with one attached hydrogen (secondary N) is 2. The van der Waals surface area contributed by atoms with Crippen molar-refractivity contribution in [3.63, 3.8) is 0 Å². The van der Waals surface area contributed by atoms with E-state index in [1.807, 2.05) is 54.6 Å². The molecule has 0 aliphatic heterocycles. The highest BCUT2D eigenvalue weighted by Gasteiger charge is 2.24. The molecule has 0 saturated heterocycles. The van der Waals surface area contributed by atoms with E-state index in [2.05, 4.69) is 30.8 Å². The SMILES string of the molecule is CC(C)(C)c1ccc(S(=O)(=O)Nc2ccc3sc(C(=O)NC4CCCCC4)c(-c4ccccc4)c3c2)cc1. The molecule has 1 fully saturated rings. The van der Waals surface area contributed by atoms with Gasteiger partial charge in [0, 0.05) is 27.4 Å². The Balaban J connectivity index is 1.50. The van der Waals surface area contributed by atoms with Crippen molar-refractivity contribution in [2.75, 3.05) is 4.72 Å². The molecule has 1 aliphatic rings. The smallest absolute Gasteiger partial charge is 0.262 e. The van der Waals surface area contributed by atoms with Crippen molar-refractivity contribution >= 4 is 43.0 Å². The summed E-state index contributed by atoms with van der Waals surface area (Å²) in [6.07, 6.45) is 5.54. The van der Waals surface area contributed by atoms with Gasteiger partial charge >= 0.3 is 0 Å². The maximum atomic E-state index is 13.5. The minimum Gasteiger partial charge on any atom is -0.349 e. The largest absolute Gasteiger partial charge is 0.349 e. The lowest BCUT2D eigenvalue weighted by Crippen LogP contribution is -2.35. The zero-order valence-electron chi connectivity index (χ0n) is 22.1. The number of anilines is 1. The Kier molecular flexibility index (Phi) is 7.34. The summed E-state index contributed by atoms with van der Waals surface area (Å²) in [5.74, 6) is -0.0574. The van der Waals surface area contributed by atoms with Crippen molar-refractivity contribution in [3.8, 4) is 11.1 Å². The molecule has 5 rings (SSSR count). The number of hydrogen-bond donors (Lipinski definition) is 2. The number of hydrogen-bond acceptors (Lipinski definition) is 4. The number of fused-ring (bicyclic) bond motifs is 1. The quantitative estimate of drug-likeness (QED) is 0.260. The van der Waals surface area contributed by atoms with Crippen molar-refractivity contribution < 1.29 is 13.2 Å². The molecular weight excluding hydrogens is 512 g/mol. The Labute approximate surface area is 229 Å². The van der Waals surface area contributed by atoms with Gasteiger partial charge in [-0.25, -0.2) is 8.42 Å². The fourth-order valence-corrected chi connectivity index (χ4v) is 7.22. The van der Waals surface area contributed by atoms with Gasteiger partial charge in [-0.3, -0.25) is 9.52 Å². The summed E-state index contributed by atoms with van der Waals surface area (Å²) in [4.78, 5) is 14.3. The molecule has 0 atom stereocenters. The predicted octanol–water partition coefficient (Wildman–Crippen LogP) is 7.73. The third-order valence-electron chi connectivity index (χ3n) is 7.18. The van der Waals surface area contributed by atoms with Crippen molar-refractivity contribution in [2.45, 2.75) is 69.2 Å². The van der Waals surface area contributed by atoms with Gasteiger partial charge in [-0.1, -0.05) is 82.5 Å². The van der Waals surface area contributed by atoms with Crippen LogP contribution in [0.3, 0.4) is 0 Å². The van der Waals surface area contributed by atoms with Gasteiger partial charge in [-0.2, -0.15) is 0 Å². The Bertz CT molecular complexity index is 1540. The molecule has 1 heterocycles. The summed E-state index contributed by atoms with van der Waals surface area (Å²) in [5, 5.41) is 4.12.